The smallest absolute Gasteiger partial charge is 0.331 e. The standard InChI is InChI=1S/C31H54O8.C18H28N2O/c1-3-5-7-9-11-13-15-17-19-21-29(34)37-25-27(39-31(36)24-23-28(32)33)26-38-30(35)22-20-18-16-14-12-10-8-6-4-2;1-4-5-12-20-13-7-6-11-16(20)18(21)19-17-14(2)9-8-10-15(17)3/h23-24,27H,3-22,25-26H2,1-2H3,(H,32,33);8-10,16H,4-7,11-13H2,1-3H3,(H,19,21)/b24-23+;. The van der Waals surface area contributed by atoms with Crippen LogP contribution < -0.4 is 5.32 Å². The topological polar surface area (TPSA) is 149 Å². The molecular formula is C49H82N2O9. The minimum atomic E-state index is -1.29. The zero-order chi connectivity index (χ0) is 44.2. The van der Waals surface area contributed by atoms with Gasteiger partial charge in [0.05, 0.1) is 6.04 Å². The number of para-hydroxylation sites is 1. The molecule has 1 aromatic carbocycles. The number of carboxylic acids is 1. The average molecular weight is 843 g/mol. The van der Waals surface area contributed by atoms with E-state index in [2.05, 4.69) is 57.0 Å². The van der Waals surface area contributed by atoms with E-state index in [-0.39, 0.29) is 38.0 Å². The molecule has 1 amide bonds. The van der Waals surface area contributed by atoms with Crippen LogP contribution in [0.25, 0.3) is 0 Å². The van der Waals surface area contributed by atoms with Crippen molar-refractivity contribution in [3.8, 4) is 0 Å². The summed E-state index contributed by atoms with van der Waals surface area (Å²) in [5.41, 5.74) is 3.27. The van der Waals surface area contributed by atoms with Crippen LogP contribution in [0.1, 0.15) is 192 Å². The van der Waals surface area contributed by atoms with E-state index < -0.39 is 30.0 Å². The zero-order valence-corrected chi connectivity index (χ0v) is 38.2. The van der Waals surface area contributed by atoms with E-state index in [4.69, 9.17) is 19.3 Å². The molecule has 1 atom stereocenters. The quantitative estimate of drug-likeness (QED) is 0.0311. The van der Waals surface area contributed by atoms with Crippen LogP contribution in [0.5, 0.6) is 0 Å². The maximum atomic E-state index is 12.7. The number of unbranched alkanes of at least 4 members (excludes halogenated alkanes) is 17. The maximum Gasteiger partial charge on any atom is 0.331 e. The van der Waals surface area contributed by atoms with Crippen molar-refractivity contribution in [2.24, 2.45) is 0 Å². The number of hydrogen-bond donors (Lipinski definition) is 2. The molecule has 0 bridgehead atoms. The summed E-state index contributed by atoms with van der Waals surface area (Å²) in [7, 11) is 0. The Morgan fingerprint density at radius 2 is 1.15 bits per heavy atom. The van der Waals surface area contributed by atoms with Crippen molar-refractivity contribution in [3.63, 3.8) is 0 Å². The number of nitrogens with one attached hydrogen (secondary N) is 1. The second kappa shape index (κ2) is 36.0. The molecule has 1 saturated heterocycles. The number of carbonyl (C=O) groups excluding carboxylic acids is 4. The number of aryl methyl sites for hydroxylation is 2. The summed E-state index contributed by atoms with van der Waals surface area (Å²) in [5.74, 6) is -2.83. The average Bonchev–Trinajstić information content (AvgIpc) is 3.23. The molecule has 1 aliphatic rings. The van der Waals surface area contributed by atoms with Gasteiger partial charge in [-0.05, 0) is 70.2 Å². The fraction of sp³-hybridized carbons (Fsp3) is 0.735. The van der Waals surface area contributed by atoms with Crippen LogP contribution >= 0.6 is 0 Å². The van der Waals surface area contributed by atoms with Gasteiger partial charge >= 0.3 is 23.9 Å². The van der Waals surface area contributed by atoms with Crippen LogP contribution in [-0.4, -0.2) is 78.2 Å². The molecule has 11 nitrogen and oxygen atoms in total. The summed E-state index contributed by atoms with van der Waals surface area (Å²) in [5, 5.41) is 11.9. The molecule has 2 rings (SSSR count). The van der Waals surface area contributed by atoms with Gasteiger partial charge < -0.3 is 24.6 Å². The lowest BCUT2D eigenvalue weighted by Crippen LogP contribution is -2.47. The first-order chi connectivity index (χ1) is 29.0. The van der Waals surface area contributed by atoms with Gasteiger partial charge in [0.2, 0.25) is 5.91 Å². The molecular weight excluding hydrogens is 761 g/mol. The molecule has 11 heteroatoms. The summed E-state index contributed by atoms with van der Waals surface area (Å²) in [6.07, 6.45) is 27.2. The third kappa shape index (κ3) is 27.9. The van der Waals surface area contributed by atoms with Gasteiger partial charge in [-0.25, -0.2) is 9.59 Å². The molecule has 60 heavy (non-hydrogen) atoms. The van der Waals surface area contributed by atoms with Crippen LogP contribution in [0.3, 0.4) is 0 Å². The van der Waals surface area contributed by atoms with Gasteiger partial charge in [-0.3, -0.25) is 19.3 Å². The van der Waals surface area contributed by atoms with Crippen molar-refractivity contribution in [2.45, 2.75) is 207 Å². The Kier molecular flexibility index (Phi) is 32.5. The van der Waals surface area contributed by atoms with E-state index in [9.17, 15) is 24.0 Å². The number of aliphatic carboxylic acids is 1. The molecule has 342 valence electrons. The molecule has 2 N–H and O–H groups in total. The number of likely N-dealkylation sites (tertiary alicyclic amines) is 1. The minimum Gasteiger partial charge on any atom is -0.478 e. The fourth-order valence-corrected chi connectivity index (χ4v) is 7.27. The normalized spacial score (nSPS) is 14.1. The third-order valence-electron chi connectivity index (χ3n) is 10.9. The Bertz CT molecular complexity index is 1310. The van der Waals surface area contributed by atoms with Crippen LogP contribution in [0.15, 0.2) is 30.4 Å². The van der Waals surface area contributed by atoms with Gasteiger partial charge in [-0.15, -0.1) is 0 Å². The predicted molar refractivity (Wildman–Crippen MR) is 241 cm³/mol. The maximum absolute atomic E-state index is 12.7. The second-order valence-electron chi connectivity index (χ2n) is 16.4. The second-order valence-corrected chi connectivity index (χ2v) is 16.4. The number of anilines is 1. The van der Waals surface area contributed by atoms with Gasteiger partial charge in [-0.2, -0.15) is 0 Å². The highest BCUT2D eigenvalue weighted by Crippen LogP contribution is 2.23. The Balaban J connectivity index is 0.000000712. The highest BCUT2D eigenvalue weighted by molar-refractivity contribution is 5.96. The Morgan fingerprint density at radius 3 is 1.62 bits per heavy atom. The number of benzene rings is 1. The SMILES string of the molecule is CCCCCCCCCCCC(=O)OCC(COC(=O)CCCCCCCCCCC)OC(=O)/C=C/C(=O)O.CCCCN1CCCCC1C(=O)Nc1c(C)cccc1C. The van der Waals surface area contributed by atoms with Crippen LogP contribution in [0, 0.1) is 13.8 Å². The van der Waals surface area contributed by atoms with E-state index in [0.717, 1.165) is 87.3 Å². The molecule has 0 radical (unpaired) electrons. The van der Waals surface area contributed by atoms with Gasteiger partial charge in [0.15, 0.2) is 6.10 Å². The lowest BCUT2D eigenvalue weighted by atomic mass is 10.00. The van der Waals surface area contributed by atoms with Gasteiger partial charge in [0, 0.05) is 30.7 Å². The zero-order valence-electron chi connectivity index (χ0n) is 38.2. The number of esters is 3. The summed E-state index contributed by atoms with van der Waals surface area (Å²) in [6.45, 7) is 12.3. The van der Waals surface area contributed by atoms with Crippen molar-refractivity contribution in [1.29, 1.82) is 0 Å². The van der Waals surface area contributed by atoms with Crippen molar-refractivity contribution >= 4 is 35.5 Å². The molecule has 1 fully saturated rings. The highest BCUT2D eigenvalue weighted by Gasteiger charge is 2.28. The first-order valence-electron chi connectivity index (χ1n) is 23.6. The Labute approximate surface area is 363 Å². The summed E-state index contributed by atoms with van der Waals surface area (Å²) in [6, 6.07) is 6.19. The molecule has 1 aliphatic heterocycles. The number of rotatable bonds is 32. The Hall–Kier alpha value is -3.73. The Morgan fingerprint density at radius 1 is 0.683 bits per heavy atom. The van der Waals surface area contributed by atoms with Crippen molar-refractivity contribution in [2.75, 3.05) is 31.6 Å². The van der Waals surface area contributed by atoms with Gasteiger partial charge in [0.25, 0.3) is 0 Å². The molecule has 0 saturated carbocycles. The van der Waals surface area contributed by atoms with Gasteiger partial charge in [-0.1, -0.05) is 155 Å². The van der Waals surface area contributed by atoms with E-state index in [1.165, 1.54) is 96.3 Å². The van der Waals surface area contributed by atoms with E-state index in [0.29, 0.717) is 6.08 Å². The number of carboxylic acid groups (broad SMARTS) is 1. The van der Waals surface area contributed by atoms with Crippen molar-refractivity contribution in [3.05, 3.63) is 41.5 Å². The van der Waals surface area contributed by atoms with Gasteiger partial charge in [0.1, 0.15) is 13.2 Å². The van der Waals surface area contributed by atoms with E-state index in [1.807, 2.05) is 6.07 Å². The fourth-order valence-electron chi connectivity index (χ4n) is 7.27. The monoisotopic (exact) mass is 843 g/mol. The third-order valence-corrected chi connectivity index (χ3v) is 10.9. The highest BCUT2D eigenvalue weighted by atomic mass is 16.6. The van der Waals surface area contributed by atoms with Crippen LogP contribution in [0.2, 0.25) is 0 Å². The first kappa shape index (κ1) is 54.3. The van der Waals surface area contributed by atoms with E-state index in [1.54, 1.807) is 0 Å². The number of amides is 1. The van der Waals surface area contributed by atoms with E-state index >= 15 is 0 Å². The number of nitrogens with zero attached hydrogens (tertiary/aromatic N) is 1. The van der Waals surface area contributed by atoms with Crippen molar-refractivity contribution in [1.82, 2.24) is 4.90 Å². The first-order valence-corrected chi connectivity index (χ1v) is 23.6. The number of hydrogen-bond acceptors (Lipinski definition) is 9. The summed E-state index contributed by atoms with van der Waals surface area (Å²) >= 11 is 0. The molecule has 0 aromatic heterocycles. The molecule has 1 heterocycles. The molecule has 1 aromatic rings. The molecule has 1 unspecified atom stereocenters. The summed E-state index contributed by atoms with van der Waals surface area (Å²) in [4.78, 5) is 61.9. The molecule has 0 aliphatic carbocycles. The number of piperidine rings is 1. The van der Waals surface area contributed by atoms with Crippen LogP contribution in [-0.2, 0) is 38.2 Å². The lowest BCUT2D eigenvalue weighted by Gasteiger charge is -2.34. The van der Waals surface area contributed by atoms with Crippen LogP contribution in [0.4, 0.5) is 5.69 Å². The minimum absolute atomic E-state index is 0.0457. The summed E-state index contributed by atoms with van der Waals surface area (Å²) < 4.78 is 15.6. The largest absolute Gasteiger partial charge is 0.478 e. The predicted octanol–water partition coefficient (Wildman–Crippen LogP) is 11.4. The number of carbonyl (C=O) groups is 5. The lowest BCUT2D eigenvalue weighted by molar-refractivity contribution is -0.163. The molecule has 0 spiro atoms. The van der Waals surface area contributed by atoms with Crippen molar-refractivity contribution < 1.29 is 43.3 Å². The number of ether oxygens (including phenoxy) is 3.